The maximum absolute atomic E-state index is 5.25. The van der Waals surface area contributed by atoms with Gasteiger partial charge in [0, 0.05) is 24.4 Å². The van der Waals surface area contributed by atoms with Gasteiger partial charge in [-0.05, 0) is 31.9 Å². The molecule has 0 radical (unpaired) electrons. The van der Waals surface area contributed by atoms with Gasteiger partial charge in [0.1, 0.15) is 6.54 Å². The van der Waals surface area contributed by atoms with Gasteiger partial charge in [-0.2, -0.15) is 11.8 Å². The summed E-state index contributed by atoms with van der Waals surface area (Å²) in [4.78, 5) is 4.54. The summed E-state index contributed by atoms with van der Waals surface area (Å²) < 4.78 is 5.25. The molecule has 0 saturated carbocycles. The molecule has 0 bridgehead atoms. The summed E-state index contributed by atoms with van der Waals surface area (Å²) in [6.45, 7) is 6.51. The van der Waals surface area contributed by atoms with Crippen LogP contribution >= 0.6 is 11.8 Å². The quantitative estimate of drug-likeness (QED) is 0.622. The molecule has 1 aromatic heterocycles. The van der Waals surface area contributed by atoms with Crippen LogP contribution in [0.15, 0.2) is 15.6 Å². The van der Waals surface area contributed by atoms with Crippen molar-refractivity contribution >= 4 is 17.7 Å². The van der Waals surface area contributed by atoms with E-state index in [1.165, 1.54) is 18.6 Å². The fourth-order valence-corrected chi connectivity index (χ4v) is 3.31. The molecule has 1 atom stereocenters. The topological polar surface area (TPSA) is 62.5 Å². The standard InChI is InChI=1S/C14H24N4OS/c1-3-11-8-12(19-18-11)9-16-14(15-4-2)17-10-13-6-5-7-20-13/h8,13H,3-7,9-10H2,1-2H3,(H2,15,16,17). The zero-order valence-corrected chi connectivity index (χ0v) is 13.1. The average molecular weight is 296 g/mol. The highest BCUT2D eigenvalue weighted by Gasteiger charge is 2.15. The second-order valence-electron chi connectivity index (χ2n) is 4.85. The van der Waals surface area contributed by atoms with Crippen molar-refractivity contribution in [3.8, 4) is 0 Å². The Kier molecular flexibility index (Phi) is 6.24. The van der Waals surface area contributed by atoms with Crippen LogP contribution in [0.25, 0.3) is 0 Å². The summed E-state index contributed by atoms with van der Waals surface area (Å²) in [5.74, 6) is 2.96. The summed E-state index contributed by atoms with van der Waals surface area (Å²) in [7, 11) is 0. The maximum Gasteiger partial charge on any atom is 0.191 e. The van der Waals surface area contributed by atoms with E-state index in [2.05, 4.69) is 34.6 Å². The molecule has 0 aliphatic carbocycles. The second-order valence-corrected chi connectivity index (χ2v) is 6.26. The van der Waals surface area contributed by atoms with Gasteiger partial charge >= 0.3 is 0 Å². The number of nitrogens with zero attached hydrogens (tertiary/aromatic N) is 2. The van der Waals surface area contributed by atoms with Gasteiger partial charge in [-0.25, -0.2) is 4.99 Å². The van der Waals surface area contributed by atoms with E-state index >= 15 is 0 Å². The molecule has 0 spiro atoms. The number of hydrogen-bond acceptors (Lipinski definition) is 4. The minimum atomic E-state index is 0.528. The molecule has 6 heteroatoms. The first-order valence-corrected chi connectivity index (χ1v) is 8.45. The van der Waals surface area contributed by atoms with Gasteiger partial charge in [-0.1, -0.05) is 12.1 Å². The Labute approximate surface area is 125 Å². The molecule has 2 N–H and O–H groups in total. The first-order valence-electron chi connectivity index (χ1n) is 7.40. The van der Waals surface area contributed by atoms with Crippen molar-refractivity contribution < 1.29 is 4.52 Å². The van der Waals surface area contributed by atoms with Crippen molar-refractivity contribution in [2.24, 2.45) is 4.99 Å². The molecule has 112 valence electrons. The lowest BCUT2D eigenvalue weighted by atomic mass is 10.2. The maximum atomic E-state index is 5.25. The van der Waals surface area contributed by atoms with Gasteiger partial charge in [0.25, 0.3) is 0 Å². The van der Waals surface area contributed by atoms with E-state index in [1.54, 1.807) is 0 Å². The van der Waals surface area contributed by atoms with Crippen molar-refractivity contribution in [3.63, 3.8) is 0 Å². The van der Waals surface area contributed by atoms with Gasteiger partial charge in [0.05, 0.1) is 5.69 Å². The number of hydrogen-bond donors (Lipinski definition) is 2. The molecular formula is C14H24N4OS. The van der Waals surface area contributed by atoms with Crippen molar-refractivity contribution in [1.29, 1.82) is 0 Å². The summed E-state index contributed by atoms with van der Waals surface area (Å²) in [6, 6.07) is 1.97. The zero-order chi connectivity index (χ0) is 14.2. The third-order valence-corrected chi connectivity index (χ3v) is 4.63. The van der Waals surface area contributed by atoms with Crippen LogP contribution in [-0.4, -0.2) is 35.2 Å². The summed E-state index contributed by atoms with van der Waals surface area (Å²) in [5, 5.41) is 11.4. The van der Waals surface area contributed by atoms with Crippen LogP contribution in [0.5, 0.6) is 0 Å². The lowest BCUT2D eigenvalue weighted by molar-refractivity contribution is 0.379. The van der Waals surface area contributed by atoms with Crippen molar-refractivity contribution in [2.45, 2.75) is 44.9 Å². The monoisotopic (exact) mass is 296 g/mol. The van der Waals surface area contributed by atoms with Crippen LogP contribution in [0.3, 0.4) is 0 Å². The number of thioether (sulfide) groups is 1. The Hall–Kier alpha value is -1.17. The second kappa shape index (κ2) is 8.19. The van der Waals surface area contributed by atoms with E-state index in [4.69, 9.17) is 4.52 Å². The highest BCUT2D eigenvalue weighted by atomic mass is 32.2. The number of guanidine groups is 1. The highest BCUT2D eigenvalue weighted by Crippen LogP contribution is 2.25. The largest absolute Gasteiger partial charge is 0.359 e. The Morgan fingerprint density at radius 1 is 1.50 bits per heavy atom. The fourth-order valence-electron chi connectivity index (χ4n) is 2.11. The molecular weight excluding hydrogens is 272 g/mol. The summed E-state index contributed by atoms with van der Waals surface area (Å²) in [5.41, 5.74) is 0.982. The molecule has 0 amide bonds. The van der Waals surface area contributed by atoms with E-state index in [0.717, 1.165) is 42.2 Å². The number of rotatable bonds is 6. The Morgan fingerprint density at radius 3 is 3.05 bits per heavy atom. The molecule has 5 nitrogen and oxygen atoms in total. The smallest absolute Gasteiger partial charge is 0.191 e. The molecule has 1 saturated heterocycles. The first-order chi connectivity index (χ1) is 9.81. The Bertz CT molecular complexity index is 427. The predicted octanol–water partition coefficient (Wildman–Crippen LogP) is 2.19. The molecule has 20 heavy (non-hydrogen) atoms. The van der Waals surface area contributed by atoms with Gasteiger partial charge in [0.2, 0.25) is 0 Å². The van der Waals surface area contributed by atoms with E-state index in [-0.39, 0.29) is 0 Å². The van der Waals surface area contributed by atoms with Gasteiger partial charge in [-0.3, -0.25) is 0 Å². The van der Waals surface area contributed by atoms with E-state index in [1.807, 2.05) is 17.8 Å². The van der Waals surface area contributed by atoms with E-state index < -0.39 is 0 Å². The molecule has 1 unspecified atom stereocenters. The first kappa shape index (κ1) is 15.2. The normalized spacial score (nSPS) is 19.3. The Balaban J connectivity index is 1.83. The average Bonchev–Trinajstić information content (AvgIpc) is 3.13. The van der Waals surface area contributed by atoms with Crippen molar-refractivity contribution in [1.82, 2.24) is 15.8 Å². The van der Waals surface area contributed by atoms with Crippen molar-refractivity contribution in [2.75, 3.05) is 18.8 Å². The third-order valence-electron chi connectivity index (χ3n) is 3.23. The van der Waals surface area contributed by atoms with Crippen LogP contribution in [0.1, 0.15) is 38.1 Å². The lowest BCUT2D eigenvalue weighted by Crippen LogP contribution is -2.40. The van der Waals surface area contributed by atoms with Crippen LogP contribution in [-0.2, 0) is 13.0 Å². The minimum Gasteiger partial charge on any atom is -0.359 e. The molecule has 0 aromatic carbocycles. The highest BCUT2D eigenvalue weighted by molar-refractivity contribution is 8.00. The van der Waals surface area contributed by atoms with E-state index in [0.29, 0.717) is 6.54 Å². The summed E-state index contributed by atoms with van der Waals surface area (Å²) >= 11 is 2.05. The predicted molar refractivity (Wildman–Crippen MR) is 84.2 cm³/mol. The minimum absolute atomic E-state index is 0.528. The third kappa shape index (κ3) is 4.74. The van der Waals surface area contributed by atoms with Gasteiger partial charge < -0.3 is 15.2 Å². The lowest BCUT2D eigenvalue weighted by Gasteiger charge is -2.14. The SMILES string of the molecule is CCNC(=NCc1cc(CC)no1)NCC1CCCS1. The molecule has 1 aromatic rings. The number of nitrogens with one attached hydrogen (secondary N) is 2. The Morgan fingerprint density at radius 2 is 2.40 bits per heavy atom. The van der Waals surface area contributed by atoms with E-state index in [9.17, 15) is 0 Å². The zero-order valence-electron chi connectivity index (χ0n) is 12.3. The molecule has 2 heterocycles. The van der Waals surface area contributed by atoms with Crippen LogP contribution in [0.2, 0.25) is 0 Å². The summed E-state index contributed by atoms with van der Waals surface area (Å²) in [6.07, 6.45) is 3.53. The van der Waals surface area contributed by atoms with Gasteiger partial charge in [0.15, 0.2) is 11.7 Å². The molecule has 2 rings (SSSR count). The van der Waals surface area contributed by atoms with Crippen molar-refractivity contribution in [3.05, 3.63) is 17.5 Å². The van der Waals surface area contributed by atoms with Crippen LogP contribution in [0.4, 0.5) is 0 Å². The number of aromatic nitrogens is 1. The van der Waals surface area contributed by atoms with Crippen LogP contribution in [0, 0.1) is 0 Å². The molecule has 1 aliphatic rings. The van der Waals surface area contributed by atoms with Gasteiger partial charge in [-0.15, -0.1) is 0 Å². The molecule has 1 aliphatic heterocycles. The number of aliphatic imine (C=N–C) groups is 1. The number of aryl methyl sites for hydroxylation is 1. The fraction of sp³-hybridized carbons (Fsp3) is 0.714. The van der Waals surface area contributed by atoms with Crippen LogP contribution < -0.4 is 10.6 Å². The molecule has 1 fully saturated rings.